The Morgan fingerprint density at radius 3 is 2.40 bits per heavy atom. The predicted octanol–water partition coefficient (Wildman–Crippen LogP) is 3.95. The summed E-state index contributed by atoms with van der Waals surface area (Å²) in [5.41, 5.74) is 7.73. The number of benzene rings is 2. The van der Waals surface area contributed by atoms with Crippen LogP contribution in [0.15, 0.2) is 42.5 Å². The smallest absolute Gasteiger partial charge is 0.138 e. The number of rotatable bonds is 5. The van der Waals surface area contributed by atoms with Gasteiger partial charge in [0.15, 0.2) is 0 Å². The SMILES string of the molecule is CC(N)Cc1ccc(OCc2ccc(F)cc2)c(Cl)c1. The number of hydrogen-bond donors (Lipinski definition) is 1. The van der Waals surface area contributed by atoms with Gasteiger partial charge in [0.05, 0.1) is 5.02 Å². The average Bonchev–Trinajstić information content (AvgIpc) is 2.39. The molecule has 0 aliphatic heterocycles. The summed E-state index contributed by atoms with van der Waals surface area (Å²) >= 11 is 6.18. The second-order valence-corrected chi connectivity index (χ2v) is 5.27. The van der Waals surface area contributed by atoms with Crippen LogP contribution in [0, 0.1) is 5.82 Å². The first-order chi connectivity index (χ1) is 9.54. The largest absolute Gasteiger partial charge is 0.487 e. The summed E-state index contributed by atoms with van der Waals surface area (Å²) in [6, 6.07) is 11.9. The number of halogens is 2. The van der Waals surface area contributed by atoms with Gasteiger partial charge in [-0.05, 0) is 48.7 Å². The first-order valence-electron chi connectivity index (χ1n) is 6.46. The van der Waals surface area contributed by atoms with Crippen molar-refractivity contribution in [1.82, 2.24) is 0 Å². The van der Waals surface area contributed by atoms with Gasteiger partial charge in [0, 0.05) is 6.04 Å². The molecule has 2 rings (SSSR count). The van der Waals surface area contributed by atoms with Crippen LogP contribution in [0.25, 0.3) is 0 Å². The van der Waals surface area contributed by atoms with E-state index in [9.17, 15) is 4.39 Å². The third-order valence-corrected chi connectivity index (χ3v) is 3.16. The Kier molecular flexibility index (Phi) is 4.99. The third kappa shape index (κ3) is 4.22. The predicted molar refractivity (Wildman–Crippen MR) is 79.5 cm³/mol. The molecule has 2 aromatic carbocycles. The summed E-state index contributed by atoms with van der Waals surface area (Å²) in [7, 11) is 0. The highest BCUT2D eigenvalue weighted by molar-refractivity contribution is 6.32. The molecule has 2 N–H and O–H groups in total. The van der Waals surface area contributed by atoms with Gasteiger partial charge in [-0.15, -0.1) is 0 Å². The fraction of sp³-hybridized carbons (Fsp3) is 0.250. The second-order valence-electron chi connectivity index (χ2n) is 4.86. The van der Waals surface area contributed by atoms with Gasteiger partial charge < -0.3 is 10.5 Å². The molecule has 20 heavy (non-hydrogen) atoms. The van der Waals surface area contributed by atoms with Crippen LogP contribution in [-0.4, -0.2) is 6.04 Å². The van der Waals surface area contributed by atoms with Gasteiger partial charge >= 0.3 is 0 Å². The molecule has 0 heterocycles. The highest BCUT2D eigenvalue weighted by Gasteiger charge is 2.05. The zero-order valence-electron chi connectivity index (χ0n) is 11.3. The lowest BCUT2D eigenvalue weighted by atomic mass is 10.1. The minimum absolute atomic E-state index is 0.0945. The van der Waals surface area contributed by atoms with E-state index >= 15 is 0 Å². The molecule has 1 atom stereocenters. The average molecular weight is 294 g/mol. The standard InChI is InChI=1S/C16H17ClFNO/c1-11(19)8-13-4-7-16(15(17)9-13)20-10-12-2-5-14(18)6-3-12/h2-7,9,11H,8,10,19H2,1H3. The van der Waals surface area contributed by atoms with Crippen molar-refractivity contribution in [3.63, 3.8) is 0 Å². The Balaban J connectivity index is 2.01. The van der Waals surface area contributed by atoms with Crippen molar-refractivity contribution in [1.29, 1.82) is 0 Å². The van der Waals surface area contributed by atoms with Gasteiger partial charge in [-0.25, -0.2) is 4.39 Å². The maximum absolute atomic E-state index is 12.8. The van der Waals surface area contributed by atoms with Crippen LogP contribution in [0.2, 0.25) is 5.02 Å². The van der Waals surface area contributed by atoms with E-state index in [0.29, 0.717) is 17.4 Å². The van der Waals surface area contributed by atoms with Gasteiger partial charge in [-0.3, -0.25) is 0 Å². The molecule has 0 fully saturated rings. The Labute approximate surface area is 123 Å². The third-order valence-electron chi connectivity index (χ3n) is 2.86. The molecule has 0 saturated heterocycles. The summed E-state index contributed by atoms with van der Waals surface area (Å²) < 4.78 is 18.4. The molecule has 0 spiro atoms. The monoisotopic (exact) mass is 293 g/mol. The first kappa shape index (κ1) is 14.8. The van der Waals surface area contributed by atoms with E-state index in [1.54, 1.807) is 12.1 Å². The molecule has 0 saturated carbocycles. The van der Waals surface area contributed by atoms with Crippen LogP contribution in [0.4, 0.5) is 4.39 Å². The van der Waals surface area contributed by atoms with Crippen LogP contribution in [0.3, 0.4) is 0 Å². The molecule has 2 aromatic rings. The fourth-order valence-corrected chi connectivity index (χ4v) is 2.16. The summed E-state index contributed by atoms with van der Waals surface area (Å²) in [6.45, 7) is 2.31. The summed E-state index contributed by atoms with van der Waals surface area (Å²) in [6.07, 6.45) is 0.776. The van der Waals surface area contributed by atoms with E-state index in [4.69, 9.17) is 22.1 Å². The molecular weight excluding hydrogens is 277 g/mol. The minimum atomic E-state index is -0.257. The fourth-order valence-electron chi connectivity index (χ4n) is 1.90. The van der Waals surface area contributed by atoms with E-state index in [1.807, 2.05) is 25.1 Å². The normalized spacial score (nSPS) is 12.2. The summed E-state index contributed by atoms with van der Waals surface area (Å²) in [5, 5.41) is 0.560. The zero-order chi connectivity index (χ0) is 14.5. The summed E-state index contributed by atoms with van der Waals surface area (Å²) in [5.74, 6) is 0.358. The maximum atomic E-state index is 12.8. The van der Waals surface area contributed by atoms with Crippen LogP contribution in [0.5, 0.6) is 5.75 Å². The van der Waals surface area contributed by atoms with E-state index < -0.39 is 0 Å². The lowest BCUT2D eigenvalue weighted by Gasteiger charge is -2.11. The Bertz CT molecular complexity index is 569. The molecule has 0 amide bonds. The highest BCUT2D eigenvalue weighted by atomic mass is 35.5. The molecule has 0 radical (unpaired) electrons. The van der Waals surface area contributed by atoms with E-state index in [1.165, 1.54) is 12.1 Å². The Hall–Kier alpha value is -1.58. The molecule has 0 aliphatic carbocycles. The van der Waals surface area contributed by atoms with E-state index in [0.717, 1.165) is 17.5 Å². The Morgan fingerprint density at radius 1 is 1.15 bits per heavy atom. The van der Waals surface area contributed by atoms with Gasteiger partial charge in [0.1, 0.15) is 18.2 Å². The topological polar surface area (TPSA) is 35.2 Å². The van der Waals surface area contributed by atoms with Crippen molar-refractivity contribution in [2.75, 3.05) is 0 Å². The molecular formula is C16H17ClFNO. The van der Waals surface area contributed by atoms with Crippen LogP contribution in [0.1, 0.15) is 18.1 Å². The minimum Gasteiger partial charge on any atom is -0.487 e. The van der Waals surface area contributed by atoms with E-state index in [2.05, 4.69) is 0 Å². The van der Waals surface area contributed by atoms with Crippen molar-refractivity contribution in [2.45, 2.75) is 26.0 Å². The quantitative estimate of drug-likeness (QED) is 0.906. The van der Waals surface area contributed by atoms with E-state index in [-0.39, 0.29) is 11.9 Å². The van der Waals surface area contributed by atoms with Crippen molar-refractivity contribution >= 4 is 11.6 Å². The molecule has 0 aliphatic rings. The number of ether oxygens (including phenoxy) is 1. The molecule has 4 heteroatoms. The van der Waals surface area contributed by atoms with Gasteiger partial charge in [-0.1, -0.05) is 29.8 Å². The number of nitrogens with two attached hydrogens (primary N) is 1. The highest BCUT2D eigenvalue weighted by Crippen LogP contribution is 2.26. The van der Waals surface area contributed by atoms with Crippen molar-refractivity contribution in [3.8, 4) is 5.75 Å². The van der Waals surface area contributed by atoms with Gasteiger partial charge in [0.25, 0.3) is 0 Å². The van der Waals surface area contributed by atoms with Crippen molar-refractivity contribution in [2.24, 2.45) is 5.73 Å². The molecule has 0 aromatic heterocycles. The maximum Gasteiger partial charge on any atom is 0.138 e. The van der Waals surface area contributed by atoms with Gasteiger partial charge in [-0.2, -0.15) is 0 Å². The lowest BCUT2D eigenvalue weighted by Crippen LogP contribution is -2.17. The second kappa shape index (κ2) is 6.73. The summed E-state index contributed by atoms with van der Waals surface area (Å²) in [4.78, 5) is 0. The van der Waals surface area contributed by atoms with Crippen molar-refractivity contribution in [3.05, 3.63) is 64.4 Å². The zero-order valence-corrected chi connectivity index (χ0v) is 12.0. The molecule has 0 bridgehead atoms. The van der Waals surface area contributed by atoms with Gasteiger partial charge in [0.2, 0.25) is 0 Å². The number of hydrogen-bond acceptors (Lipinski definition) is 2. The molecule has 2 nitrogen and oxygen atoms in total. The van der Waals surface area contributed by atoms with Crippen LogP contribution < -0.4 is 10.5 Å². The van der Waals surface area contributed by atoms with Crippen LogP contribution in [-0.2, 0) is 13.0 Å². The van der Waals surface area contributed by atoms with Crippen LogP contribution >= 0.6 is 11.6 Å². The first-order valence-corrected chi connectivity index (χ1v) is 6.83. The molecule has 106 valence electrons. The molecule has 1 unspecified atom stereocenters. The van der Waals surface area contributed by atoms with Crippen molar-refractivity contribution < 1.29 is 9.13 Å². The Morgan fingerprint density at radius 2 is 1.80 bits per heavy atom. The lowest BCUT2D eigenvalue weighted by molar-refractivity contribution is 0.306.